The van der Waals surface area contributed by atoms with Crippen molar-refractivity contribution in [2.24, 2.45) is 0 Å². The summed E-state index contributed by atoms with van der Waals surface area (Å²) >= 11 is 0. The third-order valence-corrected chi connectivity index (χ3v) is 7.01. The first-order valence-electron chi connectivity index (χ1n) is 12.8. The van der Waals surface area contributed by atoms with Crippen LogP contribution in [0.2, 0.25) is 0 Å². The van der Waals surface area contributed by atoms with Crippen molar-refractivity contribution >= 4 is 16.9 Å². The van der Waals surface area contributed by atoms with Crippen LogP contribution in [0.5, 0.6) is 5.75 Å². The number of hydrogen-bond acceptors (Lipinski definition) is 5. The first-order chi connectivity index (χ1) is 17.1. The molecule has 2 unspecified atom stereocenters. The van der Waals surface area contributed by atoms with Crippen molar-refractivity contribution in [1.29, 1.82) is 0 Å². The number of aryl methyl sites for hydroxylation is 1. The van der Waals surface area contributed by atoms with Gasteiger partial charge in [-0.25, -0.2) is 0 Å². The average Bonchev–Trinajstić information content (AvgIpc) is 3.47. The highest BCUT2D eigenvalue weighted by Gasteiger charge is 2.43. The van der Waals surface area contributed by atoms with Crippen LogP contribution in [0.25, 0.3) is 11.0 Å². The third kappa shape index (κ3) is 4.72. The van der Waals surface area contributed by atoms with Gasteiger partial charge in [0.15, 0.2) is 5.43 Å². The Balaban J connectivity index is 1.49. The summed E-state index contributed by atoms with van der Waals surface area (Å²) in [5.41, 5.74) is 2.56. The standard InChI is InChI=1S/C29H33NO5/c1-3-4-5-6-15-33-21-12-10-20(11-13-21)26-25-27(31)23-17-19(2)9-14-24(23)35-28(25)29(32)30(26)18-22-8-7-16-34-22/h9-14,17,22,26H,3-8,15-16,18H2,1-2H3. The third-order valence-electron chi connectivity index (χ3n) is 7.01. The second-order valence-corrected chi connectivity index (χ2v) is 9.65. The van der Waals surface area contributed by atoms with Crippen molar-refractivity contribution in [3.63, 3.8) is 0 Å². The molecule has 0 spiro atoms. The van der Waals surface area contributed by atoms with E-state index < -0.39 is 6.04 Å². The van der Waals surface area contributed by atoms with Gasteiger partial charge in [0.1, 0.15) is 11.3 Å². The van der Waals surface area contributed by atoms with E-state index in [1.807, 2.05) is 43.3 Å². The van der Waals surface area contributed by atoms with Gasteiger partial charge in [0.2, 0.25) is 5.76 Å². The van der Waals surface area contributed by atoms with Gasteiger partial charge < -0.3 is 18.8 Å². The van der Waals surface area contributed by atoms with Crippen molar-refractivity contribution in [2.75, 3.05) is 19.8 Å². The molecule has 1 amide bonds. The highest BCUT2D eigenvalue weighted by molar-refractivity contribution is 5.99. The number of hydrogen-bond donors (Lipinski definition) is 0. The van der Waals surface area contributed by atoms with Crippen molar-refractivity contribution in [3.05, 3.63) is 75.1 Å². The minimum Gasteiger partial charge on any atom is -0.494 e. The molecule has 3 heterocycles. The van der Waals surface area contributed by atoms with E-state index in [1.54, 1.807) is 11.0 Å². The van der Waals surface area contributed by atoms with Crippen molar-refractivity contribution in [3.8, 4) is 5.75 Å². The molecule has 0 saturated carbocycles. The molecule has 6 nitrogen and oxygen atoms in total. The Hall–Kier alpha value is -3.12. The van der Waals surface area contributed by atoms with Gasteiger partial charge in [-0.1, -0.05) is 49.9 Å². The SMILES string of the molecule is CCCCCCOc1ccc(C2c3c(oc4ccc(C)cc4c3=O)C(=O)N2CC2CCCO2)cc1. The van der Waals surface area contributed by atoms with Crippen LogP contribution in [-0.2, 0) is 4.74 Å². The predicted octanol–water partition coefficient (Wildman–Crippen LogP) is 5.78. The highest BCUT2D eigenvalue weighted by atomic mass is 16.5. The maximum Gasteiger partial charge on any atom is 0.291 e. The lowest BCUT2D eigenvalue weighted by Gasteiger charge is -2.27. The lowest BCUT2D eigenvalue weighted by atomic mass is 9.98. The number of ether oxygens (including phenoxy) is 2. The van der Waals surface area contributed by atoms with E-state index in [1.165, 1.54) is 12.8 Å². The van der Waals surface area contributed by atoms with Gasteiger partial charge >= 0.3 is 0 Å². The smallest absolute Gasteiger partial charge is 0.291 e. The van der Waals surface area contributed by atoms with E-state index in [4.69, 9.17) is 13.9 Å². The van der Waals surface area contributed by atoms with Crippen molar-refractivity contribution < 1.29 is 18.7 Å². The number of benzene rings is 2. The molecular weight excluding hydrogens is 442 g/mol. The number of carbonyl (C=O) groups excluding carboxylic acids is 1. The molecule has 0 aliphatic carbocycles. The molecule has 1 saturated heterocycles. The molecule has 184 valence electrons. The van der Waals surface area contributed by atoms with Crippen LogP contribution in [0.1, 0.15) is 78.7 Å². The molecule has 1 fully saturated rings. The van der Waals surface area contributed by atoms with Gasteiger partial charge in [-0.15, -0.1) is 0 Å². The van der Waals surface area contributed by atoms with E-state index in [0.717, 1.165) is 42.6 Å². The summed E-state index contributed by atoms with van der Waals surface area (Å²) in [6, 6.07) is 12.7. The zero-order valence-corrected chi connectivity index (χ0v) is 20.5. The van der Waals surface area contributed by atoms with Crippen LogP contribution in [0, 0.1) is 6.92 Å². The quantitative estimate of drug-likeness (QED) is 0.367. The number of unbranched alkanes of at least 4 members (excludes halogenated alkanes) is 3. The fourth-order valence-corrected chi connectivity index (χ4v) is 5.14. The Labute approximate surface area is 205 Å². The fourth-order valence-electron chi connectivity index (χ4n) is 5.14. The van der Waals surface area contributed by atoms with Gasteiger partial charge in [0.05, 0.1) is 29.7 Å². The minimum atomic E-state index is -0.513. The second-order valence-electron chi connectivity index (χ2n) is 9.65. The van der Waals surface area contributed by atoms with Gasteiger partial charge in [-0.05, 0) is 56.0 Å². The summed E-state index contributed by atoms with van der Waals surface area (Å²) < 4.78 is 17.8. The fraction of sp³-hybridized carbons (Fsp3) is 0.448. The zero-order valence-electron chi connectivity index (χ0n) is 20.5. The van der Waals surface area contributed by atoms with Crippen LogP contribution >= 0.6 is 0 Å². The highest BCUT2D eigenvalue weighted by Crippen LogP contribution is 2.39. The molecule has 35 heavy (non-hydrogen) atoms. The maximum atomic E-state index is 13.7. The summed E-state index contributed by atoms with van der Waals surface area (Å²) in [5.74, 6) is 0.684. The minimum absolute atomic E-state index is 0.0340. The number of carbonyl (C=O) groups is 1. The van der Waals surface area contributed by atoms with E-state index in [0.29, 0.717) is 36.3 Å². The van der Waals surface area contributed by atoms with Crippen molar-refractivity contribution in [1.82, 2.24) is 4.90 Å². The Morgan fingerprint density at radius 1 is 1.06 bits per heavy atom. The Morgan fingerprint density at radius 2 is 1.89 bits per heavy atom. The molecule has 2 atom stereocenters. The van der Waals surface area contributed by atoms with E-state index >= 15 is 0 Å². The summed E-state index contributed by atoms with van der Waals surface area (Å²) in [5, 5.41) is 0.507. The van der Waals surface area contributed by atoms with Crippen LogP contribution < -0.4 is 10.2 Å². The topological polar surface area (TPSA) is 69.0 Å². The number of amides is 1. The summed E-state index contributed by atoms with van der Waals surface area (Å²) in [6.45, 7) is 5.95. The second kappa shape index (κ2) is 10.2. The molecule has 2 aliphatic rings. The largest absolute Gasteiger partial charge is 0.494 e. The molecule has 3 aromatic rings. The first kappa shape index (κ1) is 23.6. The number of fused-ring (bicyclic) bond motifs is 2. The Morgan fingerprint density at radius 3 is 2.63 bits per heavy atom. The van der Waals surface area contributed by atoms with Crippen LogP contribution in [0.4, 0.5) is 0 Å². The zero-order chi connectivity index (χ0) is 24.4. The van der Waals surface area contributed by atoms with Gasteiger partial charge in [-0.2, -0.15) is 0 Å². The van der Waals surface area contributed by atoms with Gasteiger partial charge in [0, 0.05) is 13.2 Å². The van der Waals surface area contributed by atoms with Gasteiger partial charge in [0.25, 0.3) is 5.91 Å². The van der Waals surface area contributed by atoms with Crippen LogP contribution in [-0.4, -0.2) is 36.7 Å². The maximum absolute atomic E-state index is 13.7. The lowest BCUT2D eigenvalue weighted by Crippen LogP contribution is -2.36. The molecule has 6 heteroatoms. The van der Waals surface area contributed by atoms with Crippen LogP contribution in [0.15, 0.2) is 51.7 Å². The average molecular weight is 476 g/mol. The molecule has 1 aromatic heterocycles. The molecule has 0 N–H and O–H groups in total. The summed E-state index contributed by atoms with van der Waals surface area (Å²) in [6.07, 6.45) is 6.46. The molecule has 2 aliphatic heterocycles. The van der Waals surface area contributed by atoms with Crippen molar-refractivity contribution in [2.45, 2.75) is 64.5 Å². The lowest BCUT2D eigenvalue weighted by molar-refractivity contribution is 0.0486. The monoisotopic (exact) mass is 475 g/mol. The predicted molar refractivity (Wildman–Crippen MR) is 135 cm³/mol. The van der Waals surface area contributed by atoms with Gasteiger partial charge in [-0.3, -0.25) is 9.59 Å². The number of nitrogens with zero attached hydrogens (tertiary/aromatic N) is 1. The van der Waals surface area contributed by atoms with E-state index in [-0.39, 0.29) is 23.2 Å². The number of rotatable bonds is 9. The molecular formula is C29H33NO5. The molecule has 0 bridgehead atoms. The molecule has 0 radical (unpaired) electrons. The normalized spacial score (nSPS) is 19.5. The van der Waals surface area contributed by atoms with E-state index in [9.17, 15) is 9.59 Å². The summed E-state index contributed by atoms with van der Waals surface area (Å²) in [4.78, 5) is 29.0. The van der Waals surface area contributed by atoms with E-state index in [2.05, 4.69) is 6.92 Å². The molecule has 2 aromatic carbocycles. The van der Waals surface area contributed by atoms with Crippen LogP contribution in [0.3, 0.4) is 0 Å². The Kier molecular flexibility index (Phi) is 6.91. The summed E-state index contributed by atoms with van der Waals surface area (Å²) in [7, 11) is 0. The molecule has 5 rings (SSSR count). The first-order valence-corrected chi connectivity index (χ1v) is 12.8. The Bertz CT molecular complexity index is 1260.